The van der Waals surface area contributed by atoms with Crippen LogP contribution in [0, 0.1) is 0 Å². The third kappa shape index (κ3) is 3.13. The van der Waals surface area contributed by atoms with Gasteiger partial charge in [0.2, 0.25) is 0 Å². The molecular weight excluding hydrogens is 428 g/mol. The van der Waals surface area contributed by atoms with Crippen molar-refractivity contribution in [2.75, 3.05) is 0 Å². The number of rotatable bonds is 3. The van der Waals surface area contributed by atoms with Crippen LogP contribution in [0.5, 0.6) is 11.5 Å². The lowest BCUT2D eigenvalue weighted by Crippen LogP contribution is -2.24. The lowest BCUT2D eigenvalue weighted by molar-refractivity contribution is 0.462. The quantitative estimate of drug-likeness (QED) is 0.326. The summed E-state index contributed by atoms with van der Waals surface area (Å²) in [4.78, 5) is 31.9. The topological polar surface area (TPSA) is 106 Å². The van der Waals surface area contributed by atoms with Gasteiger partial charge in [-0.2, -0.15) is 0 Å². The molecule has 2 aromatic heterocycles. The Bertz CT molecular complexity index is 1520. The minimum atomic E-state index is -1.07. The van der Waals surface area contributed by atoms with Crippen LogP contribution in [0.1, 0.15) is 22.6 Å². The molecule has 0 bridgehead atoms. The molecule has 0 fully saturated rings. The number of hydrogen-bond donors (Lipinski definition) is 4. The normalized spacial score (nSPS) is 11.4. The molecule has 6 nitrogen and oxygen atoms in total. The number of fused-ring (bicyclic) bond motifs is 2. The summed E-state index contributed by atoms with van der Waals surface area (Å²) in [5.41, 5.74) is 0.144. The molecule has 0 aliphatic carbocycles. The molecule has 5 aromatic rings. The van der Waals surface area contributed by atoms with Gasteiger partial charge in [0.25, 0.3) is 11.1 Å². The summed E-state index contributed by atoms with van der Waals surface area (Å²) in [6.07, 6.45) is 0. The van der Waals surface area contributed by atoms with Crippen LogP contribution < -0.4 is 11.1 Å². The zero-order valence-corrected chi connectivity index (χ0v) is 17.4. The van der Waals surface area contributed by atoms with E-state index in [2.05, 4.69) is 9.97 Å². The highest BCUT2D eigenvalue weighted by molar-refractivity contribution is 6.30. The molecule has 0 radical (unpaired) electrons. The van der Waals surface area contributed by atoms with Crippen molar-refractivity contribution in [3.05, 3.63) is 115 Å². The SMILES string of the molecule is O=c1[nH]c2ccccc2c(O)c1C(c1cccc(Cl)c1)c1c(O)c2ccccc2[nH]c1=O. The maximum absolute atomic E-state index is 13.2. The minimum Gasteiger partial charge on any atom is -0.507 e. The Morgan fingerprint density at radius 1 is 0.688 bits per heavy atom. The van der Waals surface area contributed by atoms with Gasteiger partial charge in [-0.15, -0.1) is 0 Å². The molecule has 0 spiro atoms. The molecule has 0 amide bonds. The highest BCUT2D eigenvalue weighted by atomic mass is 35.5. The van der Waals surface area contributed by atoms with Gasteiger partial charge in [-0.05, 0) is 42.0 Å². The van der Waals surface area contributed by atoms with Gasteiger partial charge in [0.15, 0.2) is 0 Å². The Morgan fingerprint density at radius 3 is 1.69 bits per heavy atom. The summed E-state index contributed by atoms with van der Waals surface area (Å²) in [5, 5.41) is 23.5. The van der Waals surface area contributed by atoms with Gasteiger partial charge in [0.1, 0.15) is 11.5 Å². The molecule has 0 aliphatic rings. The lowest BCUT2D eigenvalue weighted by atomic mass is 9.84. The Balaban J connectivity index is 1.92. The third-order valence-electron chi connectivity index (χ3n) is 5.62. The van der Waals surface area contributed by atoms with Crippen LogP contribution in [-0.2, 0) is 0 Å². The van der Waals surface area contributed by atoms with E-state index in [4.69, 9.17) is 11.6 Å². The fourth-order valence-corrected chi connectivity index (χ4v) is 4.38. The molecule has 2 heterocycles. The van der Waals surface area contributed by atoms with E-state index in [1.807, 2.05) is 0 Å². The number of aromatic amines is 2. The van der Waals surface area contributed by atoms with E-state index in [1.54, 1.807) is 72.8 Å². The van der Waals surface area contributed by atoms with E-state index in [1.165, 1.54) is 0 Å². The van der Waals surface area contributed by atoms with Gasteiger partial charge in [-0.25, -0.2) is 0 Å². The zero-order chi connectivity index (χ0) is 22.4. The Hall–Kier alpha value is -4.03. The van der Waals surface area contributed by atoms with Gasteiger partial charge in [0.05, 0.1) is 28.1 Å². The van der Waals surface area contributed by atoms with Crippen molar-refractivity contribution in [1.29, 1.82) is 0 Å². The maximum Gasteiger partial charge on any atom is 0.256 e. The van der Waals surface area contributed by atoms with Crippen molar-refractivity contribution in [1.82, 2.24) is 9.97 Å². The predicted molar refractivity (Wildman–Crippen MR) is 125 cm³/mol. The van der Waals surface area contributed by atoms with Gasteiger partial charge in [0, 0.05) is 15.8 Å². The first-order valence-electron chi connectivity index (χ1n) is 9.89. The summed E-state index contributed by atoms with van der Waals surface area (Å²) < 4.78 is 0. The number of halogens is 1. The van der Waals surface area contributed by atoms with Crippen molar-refractivity contribution in [3.63, 3.8) is 0 Å². The predicted octanol–water partition coefficient (Wildman–Crippen LogP) is 4.61. The lowest BCUT2D eigenvalue weighted by Gasteiger charge is -2.21. The molecule has 3 aromatic carbocycles. The molecule has 0 saturated heterocycles. The zero-order valence-electron chi connectivity index (χ0n) is 16.6. The largest absolute Gasteiger partial charge is 0.507 e. The van der Waals surface area contributed by atoms with E-state index in [0.29, 0.717) is 32.4 Å². The Morgan fingerprint density at radius 2 is 1.19 bits per heavy atom. The number of nitrogens with one attached hydrogen (secondary N) is 2. The molecule has 0 aliphatic heterocycles. The van der Waals surface area contributed by atoms with E-state index in [9.17, 15) is 19.8 Å². The van der Waals surface area contributed by atoms with Crippen molar-refractivity contribution >= 4 is 33.4 Å². The highest BCUT2D eigenvalue weighted by Crippen LogP contribution is 2.41. The average Bonchev–Trinajstić information content (AvgIpc) is 2.78. The summed E-state index contributed by atoms with van der Waals surface area (Å²) in [6, 6.07) is 20.3. The standard InChI is InChI=1S/C25H17ClN2O4/c26-14-7-5-6-13(12-14)19(20-22(29)15-8-1-3-10-17(15)27-24(20)31)21-23(30)16-9-2-4-11-18(16)28-25(21)32/h1-12,19H,(H2,27,29,31)(H2,28,30,32). The summed E-state index contributed by atoms with van der Waals surface area (Å²) in [7, 11) is 0. The molecule has 0 saturated carbocycles. The monoisotopic (exact) mass is 444 g/mol. The fourth-order valence-electron chi connectivity index (χ4n) is 4.18. The molecule has 32 heavy (non-hydrogen) atoms. The number of H-pyrrole nitrogens is 2. The molecule has 0 unspecified atom stereocenters. The maximum atomic E-state index is 13.2. The third-order valence-corrected chi connectivity index (χ3v) is 5.85. The van der Waals surface area contributed by atoms with Crippen LogP contribution in [-0.4, -0.2) is 20.2 Å². The van der Waals surface area contributed by atoms with Crippen molar-refractivity contribution in [2.24, 2.45) is 0 Å². The van der Waals surface area contributed by atoms with Crippen LogP contribution in [0.25, 0.3) is 21.8 Å². The van der Waals surface area contributed by atoms with Gasteiger partial charge < -0.3 is 20.2 Å². The molecule has 0 atom stereocenters. The molecule has 7 heteroatoms. The van der Waals surface area contributed by atoms with Crippen LogP contribution in [0.2, 0.25) is 5.02 Å². The molecule has 4 N–H and O–H groups in total. The van der Waals surface area contributed by atoms with E-state index >= 15 is 0 Å². The molecule has 5 rings (SSSR count). The van der Waals surface area contributed by atoms with Gasteiger partial charge >= 0.3 is 0 Å². The number of pyridine rings is 2. The second-order valence-electron chi connectivity index (χ2n) is 7.51. The number of aromatic hydroxyl groups is 2. The fraction of sp³-hybridized carbons (Fsp3) is 0.0400. The van der Waals surface area contributed by atoms with Gasteiger partial charge in [-0.1, -0.05) is 48.0 Å². The van der Waals surface area contributed by atoms with Crippen LogP contribution in [0.4, 0.5) is 0 Å². The van der Waals surface area contributed by atoms with E-state index < -0.39 is 17.0 Å². The second-order valence-corrected chi connectivity index (χ2v) is 7.95. The van der Waals surface area contributed by atoms with Crippen LogP contribution in [0.15, 0.2) is 82.4 Å². The van der Waals surface area contributed by atoms with E-state index in [-0.39, 0.29) is 22.6 Å². The molecular formula is C25H17ClN2O4. The van der Waals surface area contributed by atoms with Crippen molar-refractivity contribution in [3.8, 4) is 11.5 Å². The summed E-state index contributed by atoms with van der Waals surface area (Å²) >= 11 is 6.22. The second kappa shape index (κ2) is 7.59. The molecule has 158 valence electrons. The number of para-hydroxylation sites is 2. The van der Waals surface area contributed by atoms with Crippen molar-refractivity contribution < 1.29 is 10.2 Å². The van der Waals surface area contributed by atoms with Crippen LogP contribution in [0.3, 0.4) is 0 Å². The number of benzene rings is 3. The minimum absolute atomic E-state index is 0.0537. The van der Waals surface area contributed by atoms with E-state index in [0.717, 1.165) is 0 Å². The number of hydrogen-bond acceptors (Lipinski definition) is 4. The van der Waals surface area contributed by atoms with Gasteiger partial charge in [-0.3, -0.25) is 9.59 Å². The summed E-state index contributed by atoms with van der Waals surface area (Å²) in [5.74, 6) is -1.60. The first kappa shape index (κ1) is 19.9. The average molecular weight is 445 g/mol. The Kier molecular flexibility index (Phi) is 4.72. The highest BCUT2D eigenvalue weighted by Gasteiger charge is 2.30. The first-order valence-corrected chi connectivity index (χ1v) is 10.3. The smallest absolute Gasteiger partial charge is 0.256 e. The first-order chi connectivity index (χ1) is 15.5. The van der Waals surface area contributed by atoms with Crippen LogP contribution >= 0.6 is 11.6 Å². The Labute approximate surface area is 186 Å². The number of aromatic nitrogens is 2. The van der Waals surface area contributed by atoms with Crippen molar-refractivity contribution in [2.45, 2.75) is 5.92 Å². The summed E-state index contributed by atoms with van der Waals surface area (Å²) in [6.45, 7) is 0.